The smallest absolute Gasteiger partial charge is 0.254 e. The third-order valence-electron chi connectivity index (χ3n) is 5.40. The number of ketones is 1. The number of dihydropyridines is 1. The highest BCUT2D eigenvalue weighted by Crippen LogP contribution is 2.43. The van der Waals surface area contributed by atoms with Gasteiger partial charge in [0.05, 0.1) is 10.0 Å². The van der Waals surface area contributed by atoms with Crippen molar-refractivity contribution in [1.29, 1.82) is 0 Å². The summed E-state index contributed by atoms with van der Waals surface area (Å²) in [6.07, 6.45) is 1.94. The number of hydrogen-bond acceptors (Lipinski definition) is 3. The van der Waals surface area contributed by atoms with Crippen molar-refractivity contribution in [2.45, 2.75) is 32.1 Å². The lowest BCUT2D eigenvalue weighted by Crippen LogP contribution is -2.35. The van der Waals surface area contributed by atoms with Crippen molar-refractivity contribution in [3.8, 4) is 0 Å². The number of anilines is 1. The number of hydrogen-bond donors (Lipinski definition) is 2. The summed E-state index contributed by atoms with van der Waals surface area (Å²) in [5.41, 5.74) is 3.71. The van der Waals surface area contributed by atoms with Gasteiger partial charge in [-0.15, -0.1) is 0 Å². The number of allylic oxidation sites excluding steroid dienone is 3. The molecule has 1 atom stereocenters. The molecule has 0 fully saturated rings. The molecular formula is C23H19Cl2FN2O2. The molecule has 1 heterocycles. The fourth-order valence-corrected chi connectivity index (χ4v) is 4.35. The lowest BCUT2D eigenvalue weighted by Gasteiger charge is -2.34. The molecule has 30 heavy (non-hydrogen) atoms. The molecule has 0 saturated heterocycles. The Kier molecular flexibility index (Phi) is 5.67. The third kappa shape index (κ3) is 3.87. The maximum absolute atomic E-state index is 13.3. The molecule has 2 aromatic rings. The van der Waals surface area contributed by atoms with Gasteiger partial charge in [0.2, 0.25) is 0 Å². The van der Waals surface area contributed by atoms with Crippen LogP contribution in [0.2, 0.25) is 10.0 Å². The van der Waals surface area contributed by atoms with Crippen molar-refractivity contribution in [2.24, 2.45) is 0 Å². The van der Waals surface area contributed by atoms with Crippen LogP contribution in [-0.4, -0.2) is 11.7 Å². The summed E-state index contributed by atoms with van der Waals surface area (Å²) >= 11 is 12.3. The van der Waals surface area contributed by atoms with E-state index >= 15 is 0 Å². The highest BCUT2D eigenvalue weighted by atomic mass is 35.5. The molecule has 4 rings (SSSR count). The van der Waals surface area contributed by atoms with Gasteiger partial charge < -0.3 is 10.6 Å². The van der Waals surface area contributed by atoms with Crippen LogP contribution in [0.1, 0.15) is 37.7 Å². The zero-order chi connectivity index (χ0) is 21.4. The van der Waals surface area contributed by atoms with Crippen molar-refractivity contribution >= 4 is 40.6 Å². The summed E-state index contributed by atoms with van der Waals surface area (Å²) in [4.78, 5) is 26.2. The SMILES string of the molecule is CC1=C(C(=O)Nc2ccc(F)cc2)[C@@H](c2ccc(Cl)c(Cl)c2)C2=C(CCCC2=O)N1. The molecule has 0 saturated carbocycles. The Hall–Kier alpha value is -2.63. The van der Waals surface area contributed by atoms with Gasteiger partial charge in [0.15, 0.2) is 5.78 Å². The average molecular weight is 445 g/mol. The topological polar surface area (TPSA) is 58.2 Å². The largest absolute Gasteiger partial charge is 0.362 e. The molecular weight excluding hydrogens is 426 g/mol. The predicted octanol–water partition coefficient (Wildman–Crippen LogP) is 5.74. The van der Waals surface area contributed by atoms with Crippen molar-refractivity contribution in [3.05, 3.63) is 86.4 Å². The Balaban J connectivity index is 1.79. The fourth-order valence-electron chi connectivity index (χ4n) is 4.04. The second-order valence-corrected chi connectivity index (χ2v) is 8.21. The number of nitrogens with one attached hydrogen (secondary N) is 2. The minimum absolute atomic E-state index is 0.0133. The van der Waals surface area contributed by atoms with Gasteiger partial charge in [0.1, 0.15) is 5.82 Å². The lowest BCUT2D eigenvalue weighted by molar-refractivity contribution is -0.116. The first-order valence-corrected chi connectivity index (χ1v) is 10.4. The van der Waals surface area contributed by atoms with Crippen LogP contribution in [0.15, 0.2) is 65.0 Å². The average Bonchev–Trinajstić information content (AvgIpc) is 2.71. The van der Waals surface area contributed by atoms with Gasteiger partial charge in [-0.25, -0.2) is 4.39 Å². The van der Waals surface area contributed by atoms with Gasteiger partial charge in [-0.05, 0) is 61.7 Å². The van der Waals surface area contributed by atoms with Gasteiger partial charge in [-0.2, -0.15) is 0 Å². The van der Waals surface area contributed by atoms with Crippen molar-refractivity contribution < 1.29 is 14.0 Å². The van der Waals surface area contributed by atoms with Gasteiger partial charge in [0.25, 0.3) is 5.91 Å². The first-order chi connectivity index (χ1) is 14.3. The molecule has 4 nitrogen and oxygen atoms in total. The van der Waals surface area contributed by atoms with E-state index in [2.05, 4.69) is 10.6 Å². The van der Waals surface area contributed by atoms with Gasteiger partial charge in [-0.1, -0.05) is 29.3 Å². The van der Waals surface area contributed by atoms with Gasteiger partial charge >= 0.3 is 0 Å². The Morgan fingerprint density at radius 1 is 1.10 bits per heavy atom. The van der Waals surface area contributed by atoms with E-state index in [1.165, 1.54) is 24.3 Å². The summed E-state index contributed by atoms with van der Waals surface area (Å²) in [7, 11) is 0. The number of carbonyl (C=O) groups is 2. The Morgan fingerprint density at radius 2 is 1.83 bits per heavy atom. The maximum atomic E-state index is 13.3. The molecule has 2 aliphatic rings. The Bertz CT molecular complexity index is 1110. The molecule has 7 heteroatoms. The molecule has 0 radical (unpaired) electrons. The summed E-state index contributed by atoms with van der Waals surface area (Å²) in [6, 6.07) is 10.7. The van der Waals surface area contributed by atoms with E-state index < -0.39 is 5.92 Å². The van der Waals surface area contributed by atoms with Crippen LogP contribution in [-0.2, 0) is 9.59 Å². The zero-order valence-electron chi connectivity index (χ0n) is 16.2. The van der Waals surface area contributed by atoms with E-state index in [0.29, 0.717) is 39.0 Å². The van der Waals surface area contributed by atoms with Gasteiger partial charge in [-0.3, -0.25) is 9.59 Å². The highest BCUT2D eigenvalue weighted by molar-refractivity contribution is 6.42. The van der Waals surface area contributed by atoms with Crippen LogP contribution in [0, 0.1) is 5.82 Å². The molecule has 0 unspecified atom stereocenters. The van der Waals surface area contributed by atoms with Crippen molar-refractivity contribution in [1.82, 2.24) is 5.32 Å². The van der Waals surface area contributed by atoms with E-state index in [-0.39, 0.29) is 17.5 Å². The Labute approximate surface area is 183 Å². The molecule has 2 N–H and O–H groups in total. The van der Waals surface area contributed by atoms with Gasteiger partial charge in [0, 0.05) is 40.6 Å². The first kappa shape index (κ1) is 20.6. The van der Waals surface area contributed by atoms with E-state index in [1.54, 1.807) is 18.2 Å². The second kappa shape index (κ2) is 8.25. The molecule has 1 aliphatic carbocycles. The summed E-state index contributed by atoms with van der Waals surface area (Å²) < 4.78 is 13.2. The molecule has 1 amide bonds. The zero-order valence-corrected chi connectivity index (χ0v) is 17.7. The lowest BCUT2D eigenvalue weighted by atomic mass is 9.75. The van der Waals surface area contributed by atoms with Crippen LogP contribution >= 0.6 is 23.2 Å². The number of Topliss-reactive ketones (excluding diaryl/α,β-unsaturated/α-hetero) is 1. The fraction of sp³-hybridized carbons (Fsp3) is 0.217. The van der Waals surface area contributed by atoms with Crippen LogP contribution in [0.25, 0.3) is 0 Å². The minimum Gasteiger partial charge on any atom is -0.362 e. The van der Waals surface area contributed by atoms with E-state index in [9.17, 15) is 14.0 Å². The standard InChI is InChI=1S/C23H19Cl2FN2O2/c1-12-20(23(30)28-15-8-6-14(26)7-9-15)21(13-5-10-16(24)17(25)11-13)22-18(27-12)3-2-4-19(22)29/h5-11,21,27H,2-4H2,1H3,(H,28,30)/t21-/m1/s1. The van der Waals surface area contributed by atoms with Crippen molar-refractivity contribution in [2.75, 3.05) is 5.32 Å². The van der Waals surface area contributed by atoms with E-state index in [4.69, 9.17) is 23.2 Å². The first-order valence-electron chi connectivity index (χ1n) is 9.61. The summed E-state index contributed by atoms with van der Waals surface area (Å²) in [5.74, 6) is -1.31. The minimum atomic E-state index is -0.565. The van der Waals surface area contributed by atoms with Crippen LogP contribution in [0.4, 0.5) is 10.1 Å². The number of carbonyl (C=O) groups excluding carboxylic acids is 2. The molecule has 154 valence electrons. The quantitative estimate of drug-likeness (QED) is 0.634. The van der Waals surface area contributed by atoms with Crippen LogP contribution in [0.5, 0.6) is 0 Å². The molecule has 0 bridgehead atoms. The highest BCUT2D eigenvalue weighted by Gasteiger charge is 2.38. The summed E-state index contributed by atoms with van der Waals surface area (Å²) in [6.45, 7) is 1.81. The van der Waals surface area contributed by atoms with E-state index in [1.807, 2.05) is 6.92 Å². The number of rotatable bonds is 3. The third-order valence-corrected chi connectivity index (χ3v) is 6.14. The van der Waals surface area contributed by atoms with E-state index in [0.717, 1.165) is 24.1 Å². The predicted molar refractivity (Wildman–Crippen MR) is 116 cm³/mol. The second-order valence-electron chi connectivity index (χ2n) is 7.40. The normalized spacial score (nSPS) is 18.8. The Morgan fingerprint density at radius 3 is 2.53 bits per heavy atom. The molecule has 2 aromatic carbocycles. The van der Waals surface area contributed by atoms with Crippen molar-refractivity contribution in [3.63, 3.8) is 0 Å². The number of halogens is 3. The monoisotopic (exact) mass is 444 g/mol. The summed E-state index contributed by atoms with van der Waals surface area (Å²) in [5, 5.41) is 6.82. The number of benzene rings is 2. The molecule has 0 aromatic heterocycles. The van der Waals surface area contributed by atoms with Crippen LogP contribution < -0.4 is 10.6 Å². The van der Waals surface area contributed by atoms with Crippen LogP contribution in [0.3, 0.4) is 0 Å². The molecule has 0 spiro atoms. The molecule has 1 aliphatic heterocycles. The maximum Gasteiger partial charge on any atom is 0.254 e. The number of amides is 1.